The summed E-state index contributed by atoms with van der Waals surface area (Å²) in [5.74, 6) is -1.07. The molecule has 8 heteroatoms. The van der Waals surface area contributed by atoms with Gasteiger partial charge in [-0.15, -0.1) is 0 Å². The molecule has 5 aliphatic rings. The van der Waals surface area contributed by atoms with E-state index in [0.29, 0.717) is 22.5 Å². The van der Waals surface area contributed by atoms with Crippen LogP contribution in [0.2, 0.25) is 5.02 Å². The fourth-order valence-corrected chi connectivity index (χ4v) is 8.44. The van der Waals surface area contributed by atoms with Crippen molar-refractivity contribution in [2.45, 2.75) is 115 Å². The lowest BCUT2D eigenvalue weighted by atomic mass is 9.73. The number of hydrogen-bond donors (Lipinski definition) is 2. The second-order valence-corrected chi connectivity index (χ2v) is 13.7. The maximum absolute atomic E-state index is 14.5. The number of nitrogens with one attached hydrogen (secondary N) is 2. The molecule has 3 heterocycles. The SMILES string of the molecule is Cc1ccc(NC(=O)C2C3C=CC4(O3)C2C(=O)N(C2CCCCCCC2)C4C(=O)NC2CCCC(C)C2C)cc1Cl. The first-order chi connectivity index (χ1) is 19.7. The molecule has 3 aliphatic heterocycles. The van der Waals surface area contributed by atoms with Crippen molar-refractivity contribution in [1.82, 2.24) is 10.2 Å². The minimum atomic E-state index is -1.13. The molecule has 2 saturated carbocycles. The number of carbonyl (C=O) groups is 3. The Balaban J connectivity index is 1.32. The van der Waals surface area contributed by atoms with E-state index in [1.165, 1.54) is 12.8 Å². The third-order valence-corrected chi connectivity index (χ3v) is 11.2. The van der Waals surface area contributed by atoms with Crippen molar-refractivity contribution in [3.8, 4) is 0 Å². The summed E-state index contributed by atoms with van der Waals surface area (Å²) in [5.41, 5.74) is 0.375. The molecule has 7 nitrogen and oxygen atoms in total. The number of benzene rings is 1. The van der Waals surface area contributed by atoms with Crippen LogP contribution in [-0.2, 0) is 19.1 Å². The minimum absolute atomic E-state index is 0.0307. The Kier molecular flexibility index (Phi) is 7.96. The molecular formula is C33H44ClN3O4. The van der Waals surface area contributed by atoms with Crippen molar-refractivity contribution in [3.05, 3.63) is 40.9 Å². The molecule has 1 spiro atoms. The fraction of sp³-hybridized carbons (Fsp3) is 0.667. The molecule has 2 saturated heterocycles. The van der Waals surface area contributed by atoms with E-state index < -0.39 is 29.6 Å². The van der Waals surface area contributed by atoms with Crippen LogP contribution in [0.1, 0.15) is 83.6 Å². The van der Waals surface area contributed by atoms with Crippen LogP contribution in [0.15, 0.2) is 30.4 Å². The van der Waals surface area contributed by atoms with Crippen LogP contribution in [0.25, 0.3) is 0 Å². The van der Waals surface area contributed by atoms with Gasteiger partial charge in [-0.3, -0.25) is 14.4 Å². The lowest BCUT2D eigenvalue weighted by Crippen LogP contribution is -2.59. The summed E-state index contributed by atoms with van der Waals surface area (Å²) in [4.78, 5) is 44.5. The number of aryl methyl sites for hydroxylation is 1. The van der Waals surface area contributed by atoms with Crippen molar-refractivity contribution in [2.24, 2.45) is 23.7 Å². The number of amides is 3. The first-order valence-corrected chi connectivity index (χ1v) is 16.2. The van der Waals surface area contributed by atoms with Gasteiger partial charge < -0.3 is 20.3 Å². The summed E-state index contributed by atoms with van der Waals surface area (Å²) >= 11 is 6.32. The number of rotatable bonds is 5. The molecule has 4 fully saturated rings. The van der Waals surface area contributed by atoms with Crippen LogP contribution in [0, 0.1) is 30.6 Å². The molecule has 8 atom stereocenters. The minimum Gasteiger partial charge on any atom is -0.359 e. The van der Waals surface area contributed by atoms with Crippen LogP contribution in [-0.4, -0.2) is 52.5 Å². The third kappa shape index (κ3) is 5.01. The van der Waals surface area contributed by atoms with Crippen molar-refractivity contribution in [2.75, 3.05) is 5.32 Å². The molecule has 2 aliphatic carbocycles. The van der Waals surface area contributed by atoms with Gasteiger partial charge in [0.05, 0.1) is 17.9 Å². The average molecular weight is 582 g/mol. The summed E-state index contributed by atoms with van der Waals surface area (Å²) < 4.78 is 6.60. The molecule has 41 heavy (non-hydrogen) atoms. The molecule has 6 rings (SSSR count). The summed E-state index contributed by atoms with van der Waals surface area (Å²) in [5, 5.41) is 6.94. The van der Waals surface area contributed by atoms with E-state index in [-0.39, 0.29) is 29.8 Å². The summed E-state index contributed by atoms with van der Waals surface area (Å²) in [6.45, 7) is 6.39. The van der Waals surface area contributed by atoms with E-state index in [9.17, 15) is 14.4 Å². The first-order valence-electron chi connectivity index (χ1n) is 15.8. The number of ether oxygens (including phenoxy) is 1. The smallest absolute Gasteiger partial charge is 0.246 e. The molecule has 8 unspecified atom stereocenters. The maximum atomic E-state index is 14.5. The Morgan fingerprint density at radius 3 is 2.46 bits per heavy atom. The van der Waals surface area contributed by atoms with Crippen molar-refractivity contribution in [3.63, 3.8) is 0 Å². The van der Waals surface area contributed by atoms with Crippen LogP contribution in [0.4, 0.5) is 5.69 Å². The zero-order chi connectivity index (χ0) is 28.9. The van der Waals surface area contributed by atoms with Gasteiger partial charge in [0.2, 0.25) is 17.7 Å². The molecule has 0 radical (unpaired) electrons. The summed E-state index contributed by atoms with van der Waals surface area (Å²) in [6, 6.07) is 4.68. The van der Waals surface area contributed by atoms with Gasteiger partial charge in [-0.2, -0.15) is 0 Å². The number of anilines is 1. The van der Waals surface area contributed by atoms with Gasteiger partial charge in [-0.1, -0.05) is 88.6 Å². The second kappa shape index (κ2) is 11.4. The molecule has 222 valence electrons. The predicted molar refractivity (Wildman–Crippen MR) is 159 cm³/mol. The van der Waals surface area contributed by atoms with Crippen LogP contribution >= 0.6 is 11.6 Å². The van der Waals surface area contributed by atoms with Gasteiger partial charge in [-0.05, 0) is 55.7 Å². The van der Waals surface area contributed by atoms with Gasteiger partial charge in [0, 0.05) is 22.8 Å². The zero-order valence-electron chi connectivity index (χ0n) is 24.5. The Hall–Kier alpha value is -2.38. The zero-order valence-corrected chi connectivity index (χ0v) is 25.3. The number of hydrogen-bond acceptors (Lipinski definition) is 4. The Bertz CT molecular complexity index is 1230. The lowest BCUT2D eigenvalue weighted by Gasteiger charge is -2.40. The summed E-state index contributed by atoms with van der Waals surface area (Å²) in [7, 11) is 0. The highest BCUT2D eigenvalue weighted by Crippen LogP contribution is 2.56. The highest BCUT2D eigenvalue weighted by molar-refractivity contribution is 6.31. The quantitative estimate of drug-likeness (QED) is 0.431. The summed E-state index contributed by atoms with van der Waals surface area (Å²) in [6.07, 6.45) is 13.8. The van der Waals surface area contributed by atoms with E-state index in [1.54, 1.807) is 6.07 Å². The first kappa shape index (κ1) is 28.7. The van der Waals surface area contributed by atoms with Crippen LogP contribution in [0.3, 0.4) is 0 Å². The van der Waals surface area contributed by atoms with Gasteiger partial charge in [0.1, 0.15) is 11.6 Å². The monoisotopic (exact) mass is 581 g/mol. The largest absolute Gasteiger partial charge is 0.359 e. The van der Waals surface area contributed by atoms with Crippen molar-refractivity contribution >= 4 is 35.0 Å². The number of fused-ring (bicyclic) bond motifs is 1. The van der Waals surface area contributed by atoms with Gasteiger partial charge in [0.25, 0.3) is 0 Å². The number of halogens is 1. The normalized spacial score (nSPS) is 37.0. The van der Waals surface area contributed by atoms with E-state index in [2.05, 4.69) is 24.5 Å². The van der Waals surface area contributed by atoms with Crippen LogP contribution in [0.5, 0.6) is 0 Å². The number of nitrogens with zero attached hydrogens (tertiary/aromatic N) is 1. The number of carbonyl (C=O) groups excluding carboxylic acids is 3. The van der Waals surface area contributed by atoms with Gasteiger partial charge in [-0.25, -0.2) is 0 Å². The second-order valence-electron chi connectivity index (χ2n) is 13.3. The molecule has 0 aromatic heterocycles. The molecule has 2 N–H and O–H groups in total. The predicted octanol–water partition coefficient (Wildman–Crippen LogP) is 5.79. The molecule has 2 bridgehead atoms. The molecule has 1 aromatic rings. The van der Waals surface area contributed by atoms with Gasteiger partial charge >= 0.3 is 0 Å². The highest BCUT2D eigenvalue weighted by Gasteiger charge is 2.73. The van der Waals surface area contributed by atoms with E-state index in [0.717, 1.165) is 56.9 Å². The average Bonchev–Trinajstić information content (AvgIpc) is 3.56. The Morgan fingerprint density at radius 2 is 1.73 bits per heavy atom. The topological polar surface area (TPSA) is 87.7 Å². The van der Waals surface area contributed by atoms with Crippen molar-refractivity contribution < 1.29 is 19.1 Å². The highest BCUT2D eigenvalue weighted by atomic mass is 35.5. The molecular weight excluding hydrogens is 538 g/mol. The molecule has 1 aromatic carbocycles. The number of likely N-dealkylation sites (tertiary alicyclic amines) is 1. The standard InChI is InChI=1S/C33H44ClN3O4/c1-19-10-9-13-25(21(19)3)36-31(39)29-33-17-16-26(41-33)27(30(38)35-22-15-14-20(2)24(34)18-22)28(33)32(40)37(29)23-11-7-5-4-6-8-12-23/h14-19,21,23,25-29H,4-13H2,1-3H3,(H,35,38)(H,36,39). The van der Waals surface area contributed by atoms with Crippen LogP contribution < -0.4 is 10.6 Å². The Labute approximate surface area is 248 Å². The Morgan fingerprint density at radius 1 is 1.00 bits per heavy atom. The molecule has 3 amide bonds. The van der Waals surface area contributed by atoms with Crippen molar-refractivity contribution in [1.29, 1.82) is 0 Å². The lowest BCUT2D eigenvalue weighted by molar-refractivity contribution is -0.144. The fourth-order valence-electron chi connectivity index (χ4n) is 8.26. The van der Waals surface area contributed by atoms with Gasteiger partial charge in [0.15, 0.2) is 0 Å². The maximum Gasteiger partial charge on any atom is 0.246 e. The van der Waals surface area contributed by atoms with E-state index in [4.69, 9.17) is 16.3 Å². The third-order valence-electron chi connectivity index (χ3n) is 10.8. The van der Waals surface area contributed by atoms with E-state index >= 15 is 0 Å². The van der Waals surface area contributed by atoms with E-state index in [1.807, 2.05) is 36.1 Å².